The monoisotopic (exact) mass is 207 g/mol. The summed E-state index contributed by atoms with van der Waals surface area (Å²) in [6.45, 7) is 7.44. The fraction of sp³-hybridized carbons (Fsp3) is 0.750. The van der Waals surface area contributed by atoms with Gasteiger partial charge in [0.05, 0.1) is 5.69 Å². The zero-order valence-corrected chi connectivity index (χ0v) is 9.98. The molecule has 0 amide bonds. The second-order valence-electron chi connectivity index (χ2n) is 5.44. The maximum absolute atomic E-state index is 4.41. The third-order valence-corrected chi connectivity index (χ3v) is 2.93. The van der Waals surface area contributed by atoms with Crippen molar-refractivity contribution < 1.29 is 0 Å². The number of aromatic amines is 1. The Hall–Kier alpha value is -0.830. The van der Waals surface area contributed by atoms with Gasteiger partial charge in [-0.3, -0.25) is 5.10 Å². The van der Waals surface area contributed by atoms with Crippen LogP contribution < -0.4 is 5.32 Å². The molecule has 1 heterocycles. The first-order valence-corrected chi connectivity index (χ1v) is 5.86. The second-order valence-corrected chi connectivity index (χ2v) is 5.44. The summed E-state index contributed by atoms with van der Waals surface area (Å²) >= 11 is 0. The van der Waals surface area contributed by atoms with Crippen molar-refractivity contribution in [3.05, 3.63) is 17.0 Å². The Kier molecular flexibility index (Phi) is 2.83. The molecule has 1 aliphatic carbocycles. The molecule has 1 aromatic heterocycles. The van der Waals surface area contributed by atoms with Crippen molar-refractivity contribution in [1.82, 2.24) is 15.5 Å². The van der Waals surface area contributed by atoms with E-state index in [1.165, 1.54) is 42.6 Å². The third-order valence-electron chi connectivity index (χ3n) is 2.93. The maximum Gasteiger partial charge on any atom is 0.0794 e. The van der Waals surface area contributed by atoms with Crippen molar-refractivity contribution in [3.63, 3.8) is 0 Å². The Morgan fingerprint density at radius 2 is 2.00 bits per heavy atom. The molecule has 0 bridgehead atoms. The molecule has 3 nitrogen and oxygen atoms in total. The molecule has 1 aromatic rings. The van der Waals surface area contributed by atoms with Gasteiger partial charge in [0.1, 0.15) is 0 Å². The van der Waals surface area contributed by atoms with Gasteiger partial charge < -0.3 is 5.32 Å². The number of fused-ring (bicyclic) bond motifs is 1. The minimum atomic E-state index is 0.167. The highest BCUT2D eigenvalue weighted by molar-refractivity contribution is 5.27. The van der Waals surface area contributed by atoms with Gasteiger partial charge in [-0.2, -0.15) is 5.10 Å². The summed E-state index contributed by atoms with van der Waals surface area (Å²) in [5.74, 6) is 0. The maximum atomic E-state index is 4.41. The first kappa shape index (κ1) is 10.7. The molecule has 2 rings (SSSR count). The lowest BCUT2D eigenvalue weighted by molar-refractivity contribution is 0.420. The number of rotatable bonds is 2. The van der Waals surface area contributed by atoms with Crippen LogP contribution in [0.4, 0.5) is 0 Å². The van der Waals surface area contributed by atoms with Crippen molar-refractivity contribution in [3.8, 4) is 0 Å². The van der Waals surface area contributed by atoms with Crippen LogP contribution in [-0.2, 0) is 19.4 Å². The summed E-state index contributed by atoms with van der Waals surface area (Å²) in [7, 11) is 0. The van der Waals surface area contributed by atoms with Gasteiger partial charge in [0.2, 0.25) is 0 Å². The van der Waals surface area contributed by atoms with E-state index in [0.29, 0.717) is 0 Å². The Balaban J connectivity index is 2.06. The van der Waals surface area contributed by atoms with E-state index in [2.05, 4.69) is 36.3 Å². The van der Waals surface area contributed by atoms with E-state index >= 15 is 0 Å². The highest BCUT2D eigenvalue weighted by Gasteiger charge is 2.17. The van der Waals surface area contributed by atoms with Crippen LogP contribution in [0.5, 0.6) is 0 Å². The zero-order valence-electron chi connectivity index (χ0n) is 9.98. The van der Waals surface area contributed by atoms with Crippen LogP contribution in [0.2, 0.25) is 0 Å². The number of nitrogens with zero attached hydrogens (tertiary/aromatic N) is 1. The number of nitrogens with one attached hydrogen (secondary N) is 2. The van der Waals surface area contributed by atoms with E-state index in [4.69, 9.17) is 0 Å². The van der Waals surface area contributed by atoms with Gasteiger partial charge in [-0.15, -0.1) is 0 Å². The summed E-state index contributed by atoms with van der Waals surface area (Å²) in [5.41, 5.74) is 4.23. The second kappa shape index (κ2) is 3.97. The SMILES string of the molecule is CC(C)(C)NCc1n[nH]c2c1CCCC2. The average molecular weight is 207 g/mol. The normalized spacial score (nSPS) is 16.5. The minimum absolute atomic E-state index is 0.167. The molecule has 0 atom stereocenters. The Bertz CT molecular complexity index is 333. The lowest BCUT2D eigenvalue weighted by atomic mass is 9.95. The molecule has 0 aliphatic heterocycles. The quantitative estimate of drug-likeness (QED) is 0.780. The van der Waals surface area contributed by atoms with Gasteiger partial charge in [-0.25, -0.2) is 0 Å². The van der Waals surface area contributed by atoms with Gasteiger partial charge in [0, 0.05) is 17.8 Å². The zero-order chi connectivity index (χ0) is 10.9. The fourth-order valence-electron chi connectivity index (χ4n) is 2.04. The van der Waals surface area contributed by atoms with Crippen LogP contribution in [0, 0.1) is 0 Å². The number of aromatic nitrogens is 2. The van der Waals surface area contributed by atoms with E-state index in [1.807, 2.05) is 0 Å². The van der Waals surface area contributed by atoms with E-state index in [1.54, 1.807) is 0 Å². The van der Waals surface area contributed by atoms with Crippen molar-refractivity contribution >= 4 is 0 Å². The van der Waals surface area contributed by atoms with Crippen molar-refractivity contribution in [2.45, 2.75) is 58.5 Å². The van der Waals surface area contributed by atoms with Crippen molar-refractivity contribution in [1.29, 1.82) is 0 Å². The van der Waals surface area contributed by atoms with Crippen LogP contribution in [0.3, 0.4) is 0 Å². The van der Waals surface area contributed by atoms with Crippen LogP contribution in [0.1, 0.15) is 50.6 Å². The molecule has 3 heteroatoms. The molecule has 0 saturated heterocycles. The Morgan fingerprint density at radius 3 is 2.73 bits per heavy atom. The molecule has 0 fully saturated rings. The molecule has 1 aliphatic rings. The smallest absolute Gasteiger partial charge is 0.0794 e. The summed E-state index contributed by atoms with van der Waals surface area (Å²) in [5, 5.41) is 11.1. The molecular formula is C12H21N3. The largest absolute Gasteiger partial charge is 0.306 e. The molecule has 15 heavy (non-hydrogen) atoms. The molecule has 0 spiro atoms. The Morgan fingerprint density at radius 1 is 1.27 bits per heavy atom. The molecule has 2 N–H and O–H groups in total. The Labute approximate surface area is 91.7 Å². The number of aryl methyl sites for hydroxylation is 1. The van der Waals surface area contributed by atoms with Crippen molar-refractivity contribution in [2.75, 3.05) is 0 Å². The fourth-order valence-corrected chi connectivity index (χ4v) is 2.04. The van der Waals surface area contributed by atoms with Crippen molar-refractivity contribution in [2.24, 2.45) is 0 Å². The summed E-state index contributed by atoms with van der Waals surface area (Å²) in [6.07, 6.45) is 5.00. The number of H-pyrrole nitrogens is 1. The summed E-state index contributed by atoms with van der Waals surface area (Å²) < 4.78 is 0. The average Bonchev–Trinajstić information content (AvgIpc) is 2.57. The van der Waals surface area contributed by atoms with Crippen LogP contribution in [0.15, 0.2) is 0 Å². The highest BCUT2D eigenvalue weighted by atomic mass is 15.1. The minimum Gasteiger partial charge on any atom is -0.306 e. The van der Waals surface area contributed by atoms with Crippen LogP contribution in [-0.4, -0.2) is 15.7 Å². The van der Waals surface area contributed by atoms with E-state index < -0.39 is 0 Å². The van der Waals surface area contributed by atoms with Crippen LogP contribution >= 0.6 is 0 Å². The molecule has 0 saturated carbocycles. The van der Waals surface area contributed by atoms with E-state index in [0.717, 1.165) is 6.54 Å². The topological polar surface area (TPSA) is 40.7 Å². The summed E-state index contributed by atoms with van der Waals surface area (Å²) in [6, 6.07) is 0. The van der Waals surface area contributed by atoms with Crippen LogP contribution in [0.25, 0.3) is 0 Å². The first-order chi connectivity index (χ1) is 7.06. The predicted octanol–water partition coefficient (Wildman–Crippen LogP) is 2.18. The van der Waals surface area contributed by atoms with Gasteiger partial charge >= 0.3 is 0 Å². The van der Waals surface area contributed by atoms with Gasteiger partial charge in [-0.05, 0) is 52.0 Å². The number of hydrogen-bond acceptors (Lipinski definition) is 2. The lowest BCUT2D eigenvalue weighted by Gasteiger charge is -2.20. The van der Waals surface area contributed by atoms with E-state index in [9.17, 15) is 0 Å². The molecule has 0 unspecified atom stereocenters. The first-order valence-electron chi connectivity index (χ1n) is 5.86. The van der Waals surface area contributed by atoms with E-state index in [-0.39, 0.29) is 5.54 Å². The van der Waals surface area contributed by atoms with Gasteiger partial charge in [0.15, 0.2) is 0 Å². The van der Waals surface area contributed by atoms with Gasteiger partial charge in [0.25, 0.3) is 0 Å². The summed E-state index contributed by atoms with van der Waals surface area (Å²) in [4.78, 5) is 0. The lowest BCUT2D eigenvalue weighted by Crippen LogP contribution is -2.35. The molecule has 0 radical (unpaired) electrons. The predicted molar refractivity (Wildman–Crippen MR) is 61.8 cm³/mol. The highest BCUT2D eigenvalue weighted by Crippen LogP contribution is 2.22. The third kappa shape index (κ3) is 2.59. The number of hydrogen-bond donors (Lipinski definition) is 2. The standard InChI is InChI=1S/C12H21N3/c1-12(2,3)13-8-11-9-6-4-5-7-10(9)14-15-11/h13H,4-8H2,1-3H3,(H,14,15). The van der Waals surface area contributed by atoms with Gasteiger partial charge in [-0.1, -0.05) is 0 Å². The molecule has 84 valence electrons. The molecular weight excluding hydrogens is 186 g/mol. The molecule has 0 aromatic carbocycles.